The quantitative estimate of drug-likeness (QED) is 0.574. The molecule has 1 N–H and O–H groups in total. The number of hydrogen-bond donors (Lipinski definition) is 1. The summed E-state index contributed by atoms with van der Waals surface area (Å²) in [7, 11) is 1.60. The number of ether oxygens (including phenoxy) is 1. The van der Waals surface area contributed by atoms with Crippen molar-refractivity contribution in [1.82, 2.24) is 15.1 Å². The van der Waals surface area contributed by atoms with Crippen molar-refractivity contribution in [2.24, 2.45) is 4.99 Å². The molecule has 0 saturated carbocycles. The number of fused-ring (bicyclic) bond motifs is 1. The van der Waals surface area contributed by atoms with Gasteiger partial charge in [-0.15, -0.1) is 0 Å². The van der Waals surface area contributed by atoms with Crippen LogP contribution in [0.4, 0.5) is 4.79 Å². The second-order valence-electron chi connectivity index (χ2n) is 6.33. The number of carbonyl (C=O) groups is 3. The number of urea groups is 1. The molecule has 0 bridgehead atoms. The predicted molar refractivity (Wildman–Crippen MR) is 107 cm³/mol. The van der Waals surface area contributed by atoms with Gasteiger partial charge in [0.1, 0.15) is 6.61 Å². The molecule has 0 aliphatic carbocycles. The van der Waals surface area contributed by atoms with Crippen LogP contribution in [0.5, 0.6) is 0 Å². The highest BCUT2D eigenvalue weighted by Gasteiger charge is 2.48. The van der Waals surface area contributed by atoms with Crippen LogP contribution in [-0.2, 0) is 20.9 Å². The molecule has 2 aliphatic rings. The van der Waals surface area contributed by atoms with Gasteiger partial charge in [-0.2, -0.15) is 0 Å². The predicted octanol–water partition coefficient (Wildman–Crippen LogP) is 1.59. The molecule has 2 atom stereocenters. The first-order valence-corrected chi connectivity index (χ1v) is 9.85. The standard InChI is InChI=1S/C19H22N4O4S/c1-3-4-10-23-15-16(22(2)18(26)21-17(15)25)20-19(23)28-12-14(24)27-11-13-8-6-5-7-9-13/h3-9,15-16H,10-12H2,1-2H3,(H,21,25,26)/b4-3+. The zero-order valence-corrected chi connectivity index (χ0v) is 16.5. The Morgan fingerprint density at radius 1 is 1.32 bits per heavy atom. The Balaban J connectivity index is 1.64. The Morgan fingerprint density at radius 3 is 2.79 bits per heavy atom. The monoisotopic (exact) mass is 402 g/mol. The van der Waals surface area contributed by atoms with Crippen LogP contribution >= 0.6 is 11.8 Å². The molecule has 0 aromatic heterocycles. The first-order valence-electron chi connectivity index (χ1n) is 8.87. The zero-order valence-electron chi connectivity index (χ0n) is 15.7. The van der Waals surface area contributed by atoms with Gasteiger partial charge < -0.3 is 14.5 Å². The maximum atomic E-state index is 12.3. The van der Waals surface area contributed by atoms with Crippen LogP contribution in [0, 0.1) is 0 Å². The third-order valence-electron chi connectivity index (χ3n) is 4.42. The average molecular weight is 402 g/mol. The summed E-state index contributed by atoms with van der Waals surface area (Å²) < 4.78 is 5.29. The largest absolute Gasteiger partial charge is 0.460 e. The minimum atomic E-state index is -0.610. The fraction of sp³-hybridized carbons (Fsp3) is 0.368. The molecule has 3 amide bonds. The molecule has 28 heavy (non-hydrogen) atoms. The highest BCUT2D eigenvalue weighted by molar-refractivity contribution is 8.14. The first-order chi connectivity index (χ1) is 13.5. The number of aliphatic imine (C=N–C) groups is 1. The number of esters is 1. The Kier molecular flexibility index (Phi) is 6.35. The lowest BCUT2D eigenvalue weighted by molar-refractivity contribution is -0.141. The molecular formula is C19H22N4O4S. The number of amidine groups is 1. The van der Waals surface area contributed by atoms with Gasteiger partial charge in [0.15, 0.2) is 17.4 Å². The fourth-order valence-corrected chi connectivity index (χ4v) is 3.80. The van der Waals surface area contributed by atoms with Gasteiger partial charge in [-0.25, -0.2) is 9.79 Å². The van der Waals surface area contributed by atoms with Crippen LogP contribution in [0.1, 0.15) is 12.5 Å². The molecular weight excluding hydrogens is 380 g/mol. The molecule has 9 heteroatoms. The number of amides is 3. The highest BCUT2D eigenvalue weighted by Crippen LogP contribution is 2.28. The molecule has 2 unspecified atom stereocenters. The van der Waals surface area contributed by atoms with E-state index in [9.17, 15) is 14.4 Å². The molecule has 1 fully saturated rings. The SMILES string of the molecule is C/C=C/CN1C(SCC(=O)OCc2ccccc2)=NC2C1C(=O)NC(=O)N2C. The van der Waals surface area contributed by atoms with Gasteiger partial charge in [-0.05, 0) is 12.5 Å². The van der Waals surface area contributed by atoms with Crippen LogP contribution in [0.3, 0.4) is 0 Å². The second kappa shape index (κ2) is 8.92. The number of nitrogens with one attached hydrogen (secondary N) is 1. The van der Waals surface area contributed by atoms with Crippen LogP contribution in [0.15, 0.2) is 47.5 Å². The third kappa shape index (κ3) is 4.36. The molecule has 2 aliphatic heterocycles. The van der Waals surface area contributed by atoms with E-state index in [0.717, 1.165) is 5.56 Å². The molecule has 0 spiro atoms. The normalized spacial score (nSPS) is 21.6. The van der Waals surface area contributed by atoms with Crippen LogP contribution in [0.25, 0.3) is 0 Å². The first kappa shape index (κ1) is 19.9. The maximum absolute atomic E-state index is 12.3. The minimum absolute atomic E-state index is 0.0662. The van der Waals surface area contributed by atoms with Crippen LogP contribution in [0.2, 0.25) is 0 Å². The van der Waals surface area contributed by atoms with E-state index >= 15 is 0 Å². The molecule has 0 radical (unpaired) electrons. The smallest absolute Gasteiger partial charge is 0.325 e. The van der Waals surface area contributed by atoms with Gasteiger partial charge >= 0.3 is 12.0 Å². The molecule has 1 aromatic rings. The van der Waals surface area contributed by atoms with Gasteiger partial charge in [0.25, 0.3) is 5.91 Å². The van der Waals surface area contributed by atoms with E-state index in [-0.39, 0.29) is 24.2 Å². The average Bonchev–Trinajstić information content (AvgIpc) is 3.07. The van der Waals surface area contributed by atoms with E-state index in [4.69, 9.17) is 4.74 Å². The van der Waals surface area contributed by atoms with Crippen molar-refractivity contribution in [2.45, 2.75) is 25.7 Å². The number of imide groups is 1. The zero-order chi connectivity index (χ0) is 20.1. The number of allylic oxidation sites excluding steroid dienone is 1. The summed E-state index contributed by atoms with van der Waals surface area (Å²) in [5.41, 5.74) is 0.914. The van der Waals surface area contributed by atoms with Gasteiger partial charge in [-0.1, -0.05) is 54.2 Å². The van der Waals surface area contributed by atoms with Crippen LogP contribution < -0.4 is 5.32 Å². The Hall–Kier alpha value is -2.81. The van der Waals surface area contributed by atoms with Crippen molar-refractivity contribution in [3.05, 3.63) is 48.0 Å². The Morgan fingerprint density at radius 2 is 2.07 bits per heavy atom. The summed E-state index contributed by atoms with van der Waals surface area (Å²) >= 11 is 1.21. The Bertz CT molecular complexity index is 811. The molecule has 8 nitrogen and oxygen atoms in total. The molecule has 1 aromatic carbocycles. The number of hydrogen-bond acceptors (Lipinski definition) is 7. The summed E-state index contributed by atoms with van der Waals surface area (Å²) in [4.78, 5) is 44.1. The molecule has 2 heterocycles. The number of likely N-dealkylation sites (N-methyl/N-ethyl adjacent to an activating group) is 1. The van der Waals surface area contributed by atoms with Gasteiger partial charge in [0, 0.05) is 13.6 Å². The van der Waals surface area contributed by atoms with Gasteiger partial charge in [-0.3, -0.25) is 14.9 Å². The Labute approximate surface area is 167 Å². The van der Waals surface area contributed by atoms with E-state index in [2.05, 4.69) is 10.3 Å². The van der Waals surface area contributed by atoms with Crippen LogP contribution in [-0.4, -0.2) is 64.4 Å². The summed E-state index contributed by atoms with van der Waals surface area (Å²) in [5.74, 6) is -0.689. The van der Waals surface area contributed by atoms with Crippen molar-refractivity contribution < 1.29 is 19.1 Å². The summed E-state index contributed by atoms with van der Waals surface area (Å²) in [6, 6.07) is 8.35. The van der Waals surface area contributed by atoms with Crippen molar-refractivity contribution in [1.29, 1.82) is 0 Å². The molecule has 1 saturated heterocycles. The van der Waals surface area contributed by atoms with E-state index in [0.29, 0.717) is 11.7 Å². The summed E-state index contributed by atoms with van der Waals surface area (Å²) in [6.45, 7) is 2.55. The van der Waals surface area contributed by atoms with Crippen molar-refractivity contribution in [2.75, 3.05) is 19.3 Å². The van der Waals surface area contributed by atoms with E-state index in [1.165, 1.54) is 16.7 Å². The van der Waals surface area contributed by atoms with Crippen molar-refractivity contribution in [3.63, 3.8) is 0 Å². The number of carbonyl (C=O) groups excluding carboxylic acids is 3. The summed E-state index contributed by atoms with van der Waals surface area (Å²) in [6.07, 6.45) is 3.17. The minimum Gasteiger partial charge on any atom is -0.460 e. The van der Waals surface area contributed by atoms with E-state index in [1.54, 1.807) is 11.9 Å². The van der Waals surface area contributed by atoms with Crippen molar-refractivity contribution >= 4 is 34.8 Å². The van der Waals surface area contributed by atoms with E-state index in [1.807, 2.05) is 49.4 Å². The second-order valence-corrected chi connectivity index (χ2v) is 7.27. The molecule has 3 rings (SSSR count). The van der Waals surface area contributed by atoms with Gasteiger partial charge in [0.2, 0.25) is 0 Å². The van der Waals surface area contributed by atoms with E-state index < -0.39 is 18.2 Å². The number of nitrogens with zero attached hydrogens (tertiary/aromatic N) is 3. The third-order valence-corrected chi connectivity index (χ3v) is 5.40. The number of rotatable bonds is 6. The van der Waals surface area contributed by atoms with Crippen molar-refractivity contribution in [3.8, 4) is 0 Å². The lowest BCUT2D eigenvalue weighted by atomic mass is 10.1. The summed E-state index contributed by atoms with van der Waals surface area (Å²) in [5, 5.41) is 2.88. The number of benzene rings is 1. The lowest BCUT2D eigenvalue weighted by Gasteiger charge is -2.35. The van der Waals surface area contributed by atoms with Gasteiger partial charge in [0.05, 0.1) is 5.75 Å². The number of thioether (sulfide) groups is 1. The molecule has 148 valence electrons. The fourth-order valence-electron chi connectivity index (χ4n) is 2.93. The lowest BCUT2D eigenvalue weighted by Crippen LogP contribution is -2.63. The maximum Gasteiger partial charge on any atom is 0.325 e. The topological polar surface area (TPSA) is 91.3 Å². The highest BCUT2D eigenvalue weighted by atomic mass is 32.2.